The van der Waals surface area contributed by atoms with Gasteiger partial charge in [0, 0.05) is 0 Å². The summed E-state index contributed by atoms with van der Waals surface area (Å²) in [7, 11) is 1.90. The lowest BCUT2D eigenvalue weighted by Gasteiger charge is -1.96. The summed E-state index contributed by atoms with van der Waals surface area (Å²) in [4.78, 5) is 0. The van der Waals surface area contributed by atoms with Crippen LogP contribution in [0.25, 0.3) is 6.08 Å². The molecular formula is C11H13ClFN. The molecule has 0 spiro atoms. The van der Waals surface area contributed by atoms with E-state index in [-0.39, 0.29) is 10.8 Å². The predicted molar refractivity (Wildman–Crippen MR) is 59.0 cm³/mol. The normalized spacial score (nSPS) is 11.1. The third kappa shape index (κ3) is 3.48. The largest absolute Gasteiger partial charge is 0.319 e. The van der Waals surface area contributed by atoms with Crippen molar-refractivity contribution in [2.75, 3.05) is 13.6 Å². The van der Waals surface area contributed by atoms with Gasteiger partial charge in [-0.2, -0.15) is 0 Å². The summed E-state index contributed by atoms with van der Waals surface area (Å²) >= 11 is 5.56. The number of halogens is 2. The van der Waals surface area contributed by atoms with E-state index in [0.717, 1.165) is 18.5 Å². The van der Waals surface area contributed by atoms with Crippen LogP contribution in [0.15, 0.2) is 24.3 Å². The smallest absolute Gasteiger partial charge is 0.142 e. The van der Waals surface area contributed by atoms with Gasteiger partial charge >= 0.3 is 0 Å². The van der Waals surface area contributed by atoms with Gasteiger partial charge in [-0.1, -0.05) is 29.8 Å². The molecule has 0 aliphatic carbocycles. The van der Waals surface area contributed by atoms with E-state index in [2.05, 4.69) is 5.32 Å². The molecule has 0 aliphatic rings. The van der Waals surface area contributed by atoms with Crippen LogP contribution in [0.3, 0.4) is 0 Å². The van der Waals surface area contributed by atoms with E-state index in [1.165, 1.54) is 6.07 Å². The van der Waals surface area contributed by atoms with Gasteiger partial charge < -0.3 is 5.32 Å². The molecular weight excluding hydrogens is 201 g/mol. The highest BCUT2D eigenvalue weighted by molar-refractivity contribution is 6.30. The molecule has 1 N–H and O–H groups in total. The highest BCUT2D eigenvalue weighted by atomic mass is 35.5. The number of nitrogens with one attached hydrogen (secondary N) is 1. The molecule has 0 amide bonds. The second kappa shape index (κ2) is 5.78. The Balaban J connectivity index is 2.59. The van der Waals surface area contributed by atoms with Crippen molar-refractivity contribution in [2.24, 2.45) is 0 Å². The molecule has 0 saturated carbocycles. The first-order valence-corrected chi connectivity index (χ1v) is 4.88. The molecule has 1 aromatic rings. The van der Waals surface area contributed by atoms with Crippen molar-refractivity contribution in [1.29, 1.82) is 0 Å². The summed E-state index contributed by atoms with van der Waals surface area (Å²) in [5.74, 6) is -0.373. The Bertz CT molecular complexity index is 323. The van der Waals surface area contributed by atoms with Gasteiger partial charge in [-0.15, -0.1) is 0 Å². The van der Waals surface area contributed by atoms with Crippen molar-refractivity contribution in [3.63, 3.8) is 0 Å². The topological polar surface area (TPSA) is 12.0 Å². The minimum atomic E-state index is -0.373. The Labute approximate surface area is 88.6 Å². The zero-order valence-corrected chi connectivity index (χ0v) is 8.81. The fourth-order valence-electron chi connectivity index (χ4n) is 1.06. The molecule has 14 heavy (non-hydrogen) atoms. The zero-order valence-electron chi connectivity index (χ0n) is 8.06. The zero-order chi connectivity index (χ0) is 10.4. The molecule has 0 heterocycles. The number of benzene rings is 1. The third-order valence-corrected chi connectivity index (χ3v) is 2.12. The highest BCUT2D eigenvalue weighted by Crippen LogP contribution is 2.16. The standard InChI is InChI=1S/C11H13ClFN/c1-14-7-3-2-4-9-5-6-10(12)11(13)8-9/h2,4-6,8,14H,3,7H2,1H3. The van der Waals surface area contributed by atoms with Crippen LogP contribution in [0.1, 0.15) is 12.0 Å². The van der Waals surface area contributed by atoms with Crippen molar-refractivity contribution in [3.8, 4) is 0 Å². The fraction of sp³-hybridized carbons (Fsp3) is 0.273. The fourth-order valence-corrected chi connectivity index (χ4v) is 1.18. The van der Waals surface area contributed by atoms with E-state index in [1.54, 1.807) is 12.1 Å². The van der Waals surface area contributed by atoms with E-state index in [9.17, 15) is 4.39 Å². The Morgan fingerprint density at radius 3 is 2.93 bits per heavy atom. The van der Waals surface area contributed by atoms with Crippen molar-refractivity contribution in [3.05, 3.63) is 40.7 Å². The number of hydrogen-bond acceptors (Lipinski definition) is 1. The van der Waals surface area contributed by atoms with Gasteiger partial charge in [-0.25, -0.2) is 4.39 Å². The SMILES string of the molecule is CNCCC=Cc1ccc(Cl)c(F)c1. The Morgan fingerprint density at radius 1 is 1.50 bits per heavy atom. The lowest BCUT2D eigenvalue weighted by atomic mass is 10.2. The first-order valence-electron chi connectivity index (χ1n) is 4.50. The lowest BCUT2D eigenvalue weighted by molar-refractivity contribution is 0.628. The Kier molecular flexibility index (Phi) is 4.63. The van der Waals surface area contributed by atoms with Gasteiger partial charge in [-0.3, -0.25) is 0 Å². The number of hydrogen-bond donors (Lipinski definition) is 1. The summed E-state index contributed by atoms with van der Waals surface area (Å²) in [6.07, 6.45) is 4.82. The molecule has 0 unspecified atom stereocenters. The Hall–Kier alpha value is -0.860. The molecule has 0 radical (unpaired) electrons. The minimum Gasteiger partial charge on any atom is -0.319 e. The van der Waals surface area contributed by atoms with Crippen LogP contribution in [-0.4, -0.2) is 13.6 Å². The van der Waals surface area contributed by atoms with Crippen molar-refractivity contribution in [1.82, 2.24) is 5.32 Å². The lowest BCUT2D eigenvalue weighted by Crippen LogP contribution is -2.05. The van der Waals surface area contributed by atoms with Crippen LogP contribution in [0.5, 0.6) is 0 Å². The summed E-state index contributed by atoms with van der Waals surface area (Å²) in [5, 5.41) is 3.19. The van der Waals surface area contributed by atoms with Gasteiger partial charge in [0.25, 0.3) is 0 Å². The predicted octanol–water partition coefficient (Wildman–Crippen LogP) is 3.10. The van der Waals surface area contributed by atoms with E-state index >= 15 is 0 Å². The van der Waals surface area contributed by atoms with Crippen LogP contribution < -0.4 is 5.32 Å². The molecule has 0 aliphatic heterocycles. The monoisotopic (exact) mass is 213 g/mol. The first kappa shape index (κ1) is 11.2. The average molecular weight is 214 g/mol. The average Bonchev–Trinajstić information content (AvgIpc) is 2.18. The molecule has 3 heteroatoms. The van der Waals surface area contributed by atoms with Crippen LogP contribution in [0.2, 0.25) is 5.02 Å². The summed E-state index contributed by atoms with van der Waals surface area (Å²) < 4.78 is 13.0. The summed E-state index contributed by atoms with van der Waals surface area (Å²) in [6.45, 7) is 0.923. The third-order valence-electron chi connectivity index (χ3n) is 1.81. The van der Waals surface area contributed by atoms with Gasteiger partial charge in [-0.05, 0) is 37.7 Å². The van der Waals surface area contributed by atoms with Crippen LogP contribution in [-0.2, 0) is 0 Å². The molecule has 76 valence electrons. The van der Waals surface area contributed by atoms with E-state index in [0.29, 0.717) is 0 Å². The molecule has 0 atom stereocenters. The molecule has 1 rings (SSSR count). The molecule has 0 saturated heterocycles. The molecule has 0 aromatic heterocycles. The van der Waals surface area contributed by atoms with Gasteiger partial charge in [0.2, 0.25) is 0 Å². The molecule has 0 fully saturated rings. The maximum absolute atomic E-state index is 13.0. The van der Waals surface area contributed by atoms with Crippen molar-refractivity contribution < 1.29 is 4.39 Å². The molecule has 1 nitrogen and oxygen atoms in total. The summed E-state index contributed by atoms with van der Waals surface area (Å²) in [5.41, 5.74) is 0.836. The quantitative estimate of drug-likeness (QED) is 0.758. The van der Waals surface area contributed by atoms with Gasteiger partial charge in [0.1, 0.15) is 5.82 Å². The Morgan fingerprint density at radius 2 is 2.29 bits per heavy atom. The minimum absolute atomic E-state index is 0.164. The van der Waals surface area contributed by atoms with Gasteiger partial charge in [0.05, 0.1) is 5.02 Å². The van der Waals surface area contributed by atoms with Crippen molar-refractivity contribution in [2.45, 2.75) is 6.42 Å². The first-order chi connectivity index (χ1) is 6.74. The van der Waals surface area contributed by atoms with Crippen LogP contribution >= 0.6 is 11.6 Å². The highest BCUT2D eigenvalue weighted by Gasteiger charge is 1.97. The molecule has 0 bridgehead atoms. The van der Waals surface area contributed by atoms with Gasteiger partial charge in [0.15, 0.2) is 0 Å². The second-order valence-electron chi connectivity index (χ2n) is 2.97. The van der Waals surface area contributed by atoms with Crippen LogP contribution in [0.4, 0.5) is 4.39 Å². The van der Waals surface area contributed by atoms with Crippen LogP contribution in [0, 0.1) is 5.82 Å². The van der Waals surface area contributed by atoms with Crippen molar-refractivity contribution >= 4 is 17.7 Å². The van der Waals surface area contributed by atoms with E-state index in [1.807, 2.05) is 19.2 Å². The maximum atomic E-state index is 13.0. The van der Waals surface area contributed by atoms with E-state index in [4.69, 9.17) is 11.6 Å². The molecule has 1 aromatic carbocycles. The number of rotatable bonds is 4. The maximum Gasteiger partial charge on any atom is 0.142 e. The summed E-state index contributed by atoms with van der Waals surface area (Å²) in [6, 6.07) is 4.79. The van der Waals surface area contributed by atoms with E-state index < -0.39 is 0 Å². The second-order valence-corrected chi connectivity index (χ2v) is 3.38.